The number of hydrogen-bond acceptors (Lipinski definition) is 4. The normalized spacial score (nSPS) is 17.6. The first kappa shape index (κ1) is 20.0. The third-order valence-electron chi connectivity index (χ3n) is 4.88. The Morgan fingerprint density at radius 1 is 1.21 bits per heavy atom. The quantitative estimate of drug-likeness (QED) is 0.734. The zero-order chi connectivity index (χ0) is 19.9. The van der Waals surface area contributed by atoms with Gasteiger partial charge in [-0.2, -0.15) is 0 Å². The van der Waals surface area contributed by atoms with E-state index in [0.717, 1.165) is 16.8 Å². The van der Waals surface area contributed by atoms with E-state index in [1.54, 1.807) is 4.90 Å². The van der Waals surface area contributed by atoms with Crippen LogP contribution in [0.2, 0.25) is 0 Å². The van der Waals surface area contributed by atoms with Crippen molar-refractivity contribution in [2.75, 3.05) is 31.2 Å². The van der Waals surface area contributed by atoms with Gasteiger partial charge in [0, 0.05) is 25.2 Å². The highest BCUT2D eigenvalue weighted by Gasteiger charge is 2.35. The van der Waals surface area contributed by atoms with E-state index in [1.165, 1.54) is 0 Å². The minimum absolute atomic E-state index is 0.0436. The minimum atomic E-state index is -0.385. The molecule has 0 saturated carbocycles. The van der Waals surface area contributed by atoms with Gasteiger partial charge in [-0.05, 0) is 24.6 Å². The summed E-state index contributed by atoms with van der Waals surface area (Å²) in [6.07, 6.45) is -0.146. The molecule has 28 heavy (non-hydrogen) atoms. The molecule has 148 valence electrons. The van der Waals surface area contributed by atoms with E-state index >= 15 is 0 Å². The fourth-order valence-corrected chi connectivity index (χ4v) is 3.33. The van der Waals surface area contributed by atoms with Crippen molar-refractivity contribution >= 4 is 17.5 Å². The second kappa shape index (κ2) is 9.48. The molecule has 6 heteroatoms. The molecule has 0 radical (unpaired) electrons. The molecule has 1 aliphatic heterocycles. The summed E-state index contributed by atoms with van der Waals surface area (Å²) in [6, 6.07) is 17.3. The van der Waals surface area contributed by atoms with Crippen LogP contribution < -0.4 is 10.2 Å². The summed E-state index contributed by atoms with van der Waals surface area (Å²) in [5.41, 5.74) is 2.89. The third-order valence-corrected chi connectivity index (χ3v) is 4.88. The van der Waals surface area contributed by atoms with E-state index in [4.69, 9.17) is 9.84 Å². The molecule has 2 aromatic carbocycles. The number of nitrogens with one attached hydrogen (secondary N) is 1. The van der Waals surface area contributed by atoms with E-state index in [9.17, 15) is 9.59 Å². The molecule has 1 heterocycles. The second-order valence-electron chi connectivity index (χ2n) is 6.98. The van der Waals surface area contributed by atoms with Crippen molar-refractivity contribution in [1.29, 1.82) is 0 Å². The van der Waals surface area contributed by atoms with Gasteiger partial charge >= 0.3 is 0 Å². The molecule has 3 rings (SSSR count). The van der Waals surface area contributed by atoms with Crippen LogP contribution in [0, 0.1) is 12.8 Å². The molecule has 0 aliphatic carbocycles. The lowest BCUT2D eigenvalue weighted by Gasteiger charge is -2.20. The van der Waals surface area contributed by atoms with Crippen LogP contribution in [-0.2, 0) is 14.3 Å². The van der Waals surface area contributed by atoms with E-state index in [-0.39, 0.29) is 50.0 Å². The number of rotatable bonds is 8. The van der Waals surface area contributed by atoms with Gasteiger partial charge in [-0.15, -0.1) is 0 Å². The van der Waals surface area contributed by atoms with Crippen LogP contribution in [0.3, 0.4) is 0 Å². The third kappa shape index (κ3) is 4.97. The lowest BCUT2D eigenvalue weighted by molar-refractivity contribution is -0.127. The topological polar surface area (TPSA) is 78.9 Å². The molecule has 6 nitrogen and oxygen atoms in total. The first-order valence-corrected chi connectivity index (χ1v) is 9.50. The summed E-state index contributed by atoms with van der Waals surface area (Å²) in [6.45, 7) is 2.78. The number of aliphatic hydroxyl groups excluding tert-OH is 1. The first-order chi connectivity index (χ1) is 13.6. The number of carbonyl (C=O) groups excluding carboxylic acids is 2. The molecular formula is C22H26N2O4. The SMILES string of the molecule is Cc1ccc(C(CNC(=O)C2CC(=O)N(c3ccccc3)C2)OCCO)cc1. The van der Waals surface area contributed by atoms with Crippen LogP contribution in [0.1, 0.15) is 23.7 Å². The molecule has 0 bridgehead atoms. The zero-order valence-electron chi connectivity index (χ0n) is 16.0. The monoisotopic (exact) mass is 382 g/mol. The Kier molecular flexibility index (Phi) is 6.79. The number of ether oxygens (including phenoxy) is 1. The van der Waals surface area contributed by atoms with Crippen LogP contribution in [0.15, 0.2) is 54.6 Å². The number of nitrogens with zero attached hydrogens (tertiary/aromatic N) is 1. The van der Waals surface area contributed by atoms with Crippen molar-refractivity contribution in [1.82, 2.24) is 5.32 Å². The van der Waals surface area contributed by atoms with Crippen molar-refractivity contribution in [2.45, 2.75) is 19.4 Å². The number of amides is 2. The molecule has 1 fully saturated rings. The van der Waals surface area contributed by atoms with E-state index in [1.807, 2.05) is 61.5 Å². The smallest absolute Gasteiger partial charge is 0.227 e. The van der Waals surface area contributed by atoms with Crippen LogP contribution in [0.4, 0.5) is 5.69 Å². The molecule has 2 amide bonds. The molecule has 2 N–H and O–H groups in total. The summed E-state index contributed by atoms with van der Waals surface area (Å²) in [5.74, 6) is -0.585. The Morgan fingerprint density at radius 3 is 2.61 bits per heavy atom. The van der Waals surface area contributed by atoms with Crippen molar-refractivity contribution in [2.24, 2.45) is 5.92 Å². The molecule has 1 aliphatic rings. The van der Waals surface area contributed by atoms with Crippen molar-refractivity contribution in [3.05, 3.63) is 65.7 Å². The van der Waals surface area contributed by atoms with E-state index in [2.05, 4.69) is 5.32 Å². The zero-order valence-corrected chi connectivity index (χ0v) is 16.0. The summed E-state index contributed by atoms with van der Waals surface area (Å²) >= 11 is 0. The molecule has 2 atom stereocenters. The number of para-hydroxylation sites is 1. The van der Waals surface area contributed by atoms with Gasteiger partial charge in [-0.25, -0.2) is 0 Å². The van der Waals surface area contributed by atoms with Gasteiger partial charge in [0.05, 0.1) is 25.2 Å². The van der Waals surface area contributed by atoms with Gasteiger partial charge in [0.25, 0.3) is 0 Å². The van der Waals surface area contributed by atoms with Crippen LogP contribution in [0.25, 0.3) is 0 Å². The lowest BCUT2D eigenvalue weighted by Crippen LogP contribution is -2.36. The summed E-state index contributed by atoms with van der Waals surface area (Å²) in [7, 11) is 0. The summed E-state index contributed by atoms with van der Waals surface area (Å²) < 4.78 is 5.70. The Morgan fingerprint density at radius 2 is 1.93 bits per heavy atom. The number of anilines is 1. The Labute approximate surface area is 165 Å². The highest BCUT2D eigenvalue weighted by Crippen LogP contribution is 2.25. The van der Waals surface area contributed by atoms with Gasteiger partial charge < -0.3 is 20.1 Å². The largest absolute Gasteiger partial charge is 0.394 e. The summed E-state index contributed by atoms with van der Waals surface area (Å²) in [4.78, 5) is 26.6. The average Bonchev–Trinajstić information content (AvgIpc) is 3.11. The van der Waals surface area contributed by atoms with Gasteiger partial charge in [-0.3, -0.25) is 9.59 Å². The fourth-order valence-electron chi connectivity index (χ4n) is 3.33. The fraction of sp³-hybridized carbons (Fsp3) is 0.364. The Balaban J connectivity index is 1.60. The summed E-state index contributed by atoms with van der Waals surface area (Å²) in [5, 5.41) is 12.0. The number of aryl methyl sites for hydroxylation is 1. The molecule has 0 spiro atoms. The number of carbonyl (C=O) groups is 2. The Bertz CT molecular complexity index is 792. The molecule has 0 aromatic heterocycles. The highest BCUT2D eigenvalue weighted by molar-refractivity contribution is 6.00. The molecule has 2 aromatic rings. The van der Waals surface area contributed by atoms with Gasteiger partial charge in [0.15, 0.2) is 0 Å². The standard InChI is InChI=1S/C22H26N2O4/c1-16-7-9-17(10-8-16)20(28-12-11-25)14-23-22(27)18-13-21(26)24(15-18)19-5-3-2-4-6-19/h2-10,18,20,25H,11-15H2,1H3,(H,23,27). The number of hydrogen-bond donors (Lipinski definition) is 2. The maximum absolute atomic E-state index is 12.6. The molecular weight excluding hydrogens is 356 g/mol. The maximum atomic E-state index is 12.6. The maximum Gasteiger partial charge on any atom is 0.227 e. The van der Waals surface area contributed by atoms with E-state index < -0.39 is 0 Å². The first-order valence-electron chi connectivity index (χ1n) is 9.50. The lowest BCUT2D eigenvalue weighted by atomic mass is 10.1. The van der Waals surface area contributed by atoms with Crippen molar-refractivity contribution in [3.8, 4) is 0 Å². The number of benzene rings is 2. The van der Waals surface area contributed by atoms with Crippen molar-refractivity contribution in [3.63, 3.8) is 0 Å². The van der Waals surface area contributed by atoms with Gasteiger partial charge in [-0.1, -0.05) is 48.0 Å². The predicted octanol–water partition coefficient (Wildman–Crippen LogP) is 2.21. The van der Waals surface area contributed by atoms with Crippen LogP contribution in [0.5, 0.6) is 0 Å². The van der Waals surface area contributed by atoms with Crippen molar-refractivity contribution < 1.29 is 19.4 Å². The minimum Gasteiger partial charge on any atom is -0.394 e. The van der Waals surface area contributed by atoms with Crippen LogP contribution in [-0.4, -0.2) is 43.2 Å². The second-order valence-corrected chi connectivity index (χ2v) is 6.98. The van der Waals surface area contributed by atoms with E-state index in [0.29, 0.717) is 6.54 Å². The molecule has 1 saturated heterocycles. The average molecular weight is 382 g/mol. The molecule has 2 unspecified atom stereocenters. The number of aliphatic hydroxyl groups is 1. The Hall–Kier alpha value is -2.70. The van der Waals surface area contributed by atoms with Gasteiger partial charge in [0.2, 0.25) is 11.8 Å². The van der Waals surface area contributed by atoms with Crippen LogP contribution >= 0.6 is 0 Å². The predicted molar refractivity (Wildman–Crippen MR) is 107 cm³/mol. The highest BCUT2D eigenvalue weighted by atomic mass is 16.5. The van der Waals surface area contributed by atoms with Gasteiger partial charge in [0.1, 0.15) is 0 Å².